The Morgan fingerprint density at radius 3 is 2.33 bits per heavy atom. The SMILES string of the molecule is CCC(NC(C)C)C(=O)c1ccc(O)c(O)c1.Cl. The number of Topliss-reactive ketones (excluding diaryl/α,β-unsaturated/α-hetero) is 1. The largest absolute Gasteiger partial charge is 0.504 e. The van der Waals surface area contributed by atoms with E-state index in [1.807, 2.05) is 20.8 Å². The quantitative estimate of drug-likeness (QED) is 0.569. The molecule has 0 saturated carbocycles. The highest BCUT2D eigenvalue weighted by Gasteiger charge is 2.19. The molecular weight excluding hydrogens is 254 g/mol. The smallest absolute Gasteiger partial charge is 0.179 e. The van der Waals surface area contributed by atoms with Gasteiger partial charge in [-0.15, -0.1) is 12.4 Å². The van der Waals surface area contributed by atoms with Crippen molar-refractivity contribution in [3.05, 3.63) is 23.8 Å². The summed E-state index contributed by atoms with van der Waals surface area (Å²) in [6.45, 7) is 5.88. The average Bonchev–Trinajstić information content (AvgIpc) is 2.28. The highest BCUT2D eigenvalue weighted by Crippen LogP contribution is 2.25. The summed E-state index contributed by atoms with van der Waals surface area (Å²) in [5.41, 5.74) is 0.403. The summed E-state index contributed by atoms with van der Waals surface area (Å²) in [6, 6.07) is 4.09. The van der Waals surface area contributed by atoms with Gasteiger partial charge in [0.25, 0.3) is 0 Å². The fourth-order valence-electron chi connectivity index (χ4n) is 1.66. The van der Waals surface area contributed by atoms with Crippen LogP contribution in [0.2, 0.25) is 0 Å². The molecule has 0 bridgehead atoms. The molecule has 0 aliphatic heterocycles. The van der Waals surface area contributed by atoms with E-state index in [0.29, 0.717) is 12.0 Å². The maximum absolute atomic E-state index is 12.1. The van der Waals surface area contributed by atoms with E-state index >= 15 is 0 Å². The van der Waals surface area contributed by atoms with Crippen molar-refractivity contribution in [2.24, 2.45) is 0 Å². The predicted octanol–water partition coefficient (Wildman–Crippen LogP) is 2.48. The Morgan fingerprint density at radius 1 is 1.28 bits per heavy atom. The first-order valence-electron chi connectivity index (χ1n) is 5.78. The lowest BCUT2D eigenvalue weighted by atomic mass is 10.0. The van der Waals surface area contributed by atoms with Crippen molar-refractivity contribution >= 4 is 18.2 Å². The minimum atomic E-state index is -0.268. The summed E-state index contributed by atoms with van der Waals surface area (Å²) >= 11 is 0. The van der Waals surface area contributed by atoms with E-state index in [0.717, 1.165) is 0 Å². The lowest BCUT2D eigenvalue weighted by Gasteiger charge is -2.18. The van der Waals surface area contributed by atoms with Crippen LogP contribution in [0.3, 0.4) is 0 Å². The van der Waals surface area contributed by atoms with Gasteiger partial charge in [0.2, 0.25) is 0 Å². The van der Waals surface area contributed by atoms with Crippen LogP contribution in [0, 0.1) is 0 Å². The van der Waals surface area contributed by atoms with Crippen LogP contribution < -0.4 is 5.32 Å². The first kappa shape index (κ1) is 16.7. The van der Waals surface area contributed by atoms with Gasteiger partial charge in [-0.3, -0.25) is 4.79 Å². The normalized spacial score (nSPS) is 12.0. The first-order chi connectivity index (χ1) is 7.95. The van der Waals surface area contributed by atoms with Crippen molar-refractivity contribution in [2.75, 3.05) is 0 Å². The molecule has 0 aromatic heterocycles. The molecule has 0 heterocycles. The molecule has 0 aliphatic rings. The van der Waals surface area contributed by atoms with E-state index in [9.17, 15) is 15.0 Å². The van der Waals surface area contributed by atoms with Crippen LogP contribution in [0.1, 0.15) is 37.6 Å². The van der Waals surface area contributed by atoms with E-state index in [1.54, 1.807) is 0 Å². The Hall–Kier alpha value is -1.26. The molecular formula is C13H20ClNO3. The molecule has 0 amide bonds. The first-order valence-corrected chi connectivity index (χ1v) is 5.78. The Kier molecular flexibility index (Phi) is 6.73. The van der Waals surface area contributed by atoms with Crippen LogP contribution in [-0.2, 0) is 0 Å². The zero-order valence-electron chi connectivity index (χ0n) is 10.8. The third-order valence-electron chi connectivity index (χ3n) is 2.52. The van der Waals surface area contributed by atoms with Crippen LogP contribution in [0.4, 0.5) is 0 Å². The molecule has 1 aromatic carbocycles. The molecule has 18 heavy (non-hydrogen) atoms. The molecule has 3 N–H and O–H groups in total. The molecule has 0 spiro atoms. The maximum Gasteiger partial charge on any atom is 0.179 e. The van der Waals surface area contributed by atoms with Crippen molar-refractivity contribution in [2.45, 2.75) is 39.3 Å². The molecule has 0 fully saturated rings. The second kappa shape index (κ2) is 7.24. The van der Waals surface area contributed by atoms with Crippen LogP contribution in [0.5, 0.6) is 11.5 Å². The number of benzene rings is 1. The van der Waals surface area contributed by atoms with E-state index in [2.05, 4.69) is 5.32 Å². The van der Waals surface area contributed by atoms with E-state index < -0.39 is 0 Å². The van der Waals surface area contributed by atoms with E-state index in [4.69, 9.17) is 0 Å². The Labute approximate surface area is 113 Å². The van der Waals surface area contributed by atoms with Gasteiger partial charge in [-0.05, 0) is 24.6 Å². The summed E-state index contributed by atoms with van der Waals surface area (Å²) in [7, 11) is 0. The molecule has 1 unspecified atom stereocenters. The van der Waals surface area contributed by atoms with Gasteiger partial charge in [0.05, 0.1) is 6.04 Å². The van der Waals surface area contributed by atoms with Gasteiger partial charge in [0.1, 0.15) is 0 Å². The molecule has 0 aliphatic carbocycles. The summed E-state index contributed by atoms with van der Waals surface area (Å²) in [4.78, 5) is 12.1. The number of phenols is 2. The topological polar surface area (TPSA) is 69.6 Å². The Morgan fingerprint density at radius 2 is 1.89 bits per heavy atom. The molecule has 1 aromatic rings. The molecule has 1 atom stereocenters. The Bertz CT molecular complexity index is 407. The highest BCUT2D eigenvalue weighted by molar-refractivity contribution is 6.00. The van der Waals surface area contributed by atoms with Crippen molar-refractivity contribution in [1.29, 1.82) is 0 Å². The number of carbonyl (C=O) groups is 1. The second-order valence-corrected chi connectivity index (χ2v) is 4.35. The zero-order chi connectivity index (χ0) is 13.0. The highest BCUT2D eigenvalue weighted by atomic mass is 35.5. The van der Waals surface area contributed by atoms with Crippen molar-refractivity contribution in [3.63, 3.8) is 0 Å². The minimum Gasteiger partial charge on any atom is -0.504 e. The monoisotopic (exact) mass is 273 g/mol. The maximum atomic E-state index is 12.1. The number of phenolic OH excluding ortho intramolecular Hbond substituents is 2. The number of nitrogens with one attached hydrogen (secondary N) is 1. The number of hydrogen-bond acceptors (Lipinski definition) is 4. The van der Waals surface area contributed by atoms with E-state index in [1.165, 1.54) is 18.2 Å². The number of halogens is 1. The van der Waals surface area contributed by atoms with Crippen LogP contribution in [-0.4, -0.2) is 28.1 Å². The van der Waals surface area contributed by atoms with Crippen molar-refractivity contribution in [1.82, 2.24) is 5.32 Å². The van der Waals surface area contributed by atoms with E-state index in [-0.39, 0.29) is 41.8 Å². The average molecular weight is 274 g/mol. The number of hydrogen-bond donors (Lipinski definition) is 3. The summed E-state index contributed by atoms with van der Waals surface area (Å²) in [5.74, 6) is -0.557. The van der Waals surface area contributed by atoms with Crippen LogP contribution in [0.15, 0.2) is 18.2 Å². The third-order valence-corrected chi connectivity index (χ3v) is 2.52. The predicted molar refractivity (Wildman–Crippen MR) is 73.7 cm³/mol. The number of carbonyl (C=O) groups excluding carboxylic acids is 1. The van der Waals surface area contributed by atoms with Crippen molar-refractivity contribution in [3.8, 4) is 11.5 Å². The Balaban J connectivity index is 0.00000289. The van der Waals surface area contributed by atoms with Gasteiger partial charge in [0, 0.05) is 11.6 Å². The summed E-state index contributed by atoms with van der Waals surface area (Å²) < 4.78 is 0. The fourth-order valence-corrected chi connectivity index (χ4v) is 1.66. The van der Waals surface area contributed by atoms with Crippen LogP contribution >= 0.6 is 12.4 Å². The van der Waals surface area contributed by atoms with Crippen LogP contribution in [0.25, 0.3) is 0 Å². The molecule has 0 radical (unpaired) electrons. The van der Waals surface area contributed by atoms with Gasteiger partial charge in [-0.25, -0.2) is 0 Å². The summed E-state index contributed by atoms with van der Waals surface area (Å²) in [6.07, 6.45) is 0.679. The minimum absolute atomic E-state index is 0. The fraction of sp³-hybridized carbons (Fsp3) is 0.462. The third kappa shape index (κ3) is 4.20. The molecule has 4 nitrogen and oxygen atoms in total. The number of aromatic hydroxyl groups is 2. The standard InChI is InChI=1S/C13H19NO3.ClH/c1-4-10(14-8(2)3)13(17)9-5-6-11(15)12(16)7-9;/h5-8,10,14-16H,4H2,1-3H3;1H. The molecule has 102 valence electrons. The lowest BCUT2D eigenvalue weighted by Crippen LogP contribution is -2.40. The molecule has 1 rings (SSSR count). The second-order valence-electron chi connectivity index (χ2n) is 4.35. The number of ketones is 1. The van der Waals surface area contributed by atoms with Gasteiger partial charge < -0.3 is 15.5 Å². The van der Waals surface area contributed by atoms with Gasteiger partial charge in [-0.1, -0.05) is 20.8 Å². The van der Waals surface area contributed by atoms with Crippen molar-refractivity contribution < 1.29 is 15.0 Å². The van der Waals surface area contributed by atoms with Gasteiger partial charge in [-0.2, -0.15) is 0 Å². The zero-order valence-corrected chi connectivity index (χ0v) is 11.6. The molecule has 5 heteroatoms. The van der Waals surface area contributed by atoms with Gasteiger partial charge in [0.15, 0.2) is 17.3 Å². The number of rotatable bonds is 5. The summed E-state index contributed by atoms with van der Waals surface area (Å²) in [5, 5.41) is 21.7. The molecule has 0 saturated heterocycles. The van der Waals surface area contributed by atoms with Gasteiger partial charge >= 0.3 is 0 Å². The lowest BCUT2D eigenvalue weighted by molar-refractivity contribution is 0.0935.